The number of ether oxygens (including phenoxy) is 2. The molecule has 8 saturated carbocycles. The molecule has 3 atom stereocenters. The van der Waals surface area contributed by atoms with Crippen molar-refractivity contribution in [3.05, 3.63) is 12.3 Å². The third kappa shape index (κ3) is 1.99. The Morgan fingerprint density at radius 3 is 1.53 bits per heavy atom. The van der Waals surface area contributed by atoms with Gasteiger partial charge in [-0.2, -0.15) is 0 Å². The van der Waals surface area contributed by atoms with E-state index in [1.54, 1.807) is 0 Å². The minimum atomic E-state index is -0.346. The van der Waals surface area contributed by atoms with Gasteiger partial charge in [-0.15, -0.1) is 0 Å². The SMILES string of the molecule is C=C1O[C@@]2(C34CC5CC(CC(C5)C3)C4)C[C@H](C)C[C@]1(C13CC4CC(CC(C4)C1)C3)O2. The van der Waals surface area contributed by atoms with Crippen LogP contribution >= 0.6 is 0 Å². The van der Waals surface area contributed by atoms with Gasteiger partial charge in [0, 0.05) is 17.3 Å². The Kier molecular flexibility index (Phi) is 3.20. The maximum Gasteiger partial charge on any atom is 0.217 e. The lowest BCUT2D eigenvalue weighted by Gasteiger charge is -2.65. The van der Waals surface area contributed by atoms with Gasteiger partial charge in [-0.05, 0) is 125 Å². The molecule has 164 valence electrons. The van der Waals surface area contributed by atoms with Gasteiger partial charge < -0.3 is 9.47 Å². The summed E-state index contributed by atoms with van der Waals surface area (Å²) in [5.74, 6) is 7.11. The van der Waals surface area contributed by atoms with E-state index >= 15 is 0 Å². The quantitative estimate of drug-likeness (QED) is 0.498. The highest BCUT2D eigenvalue weighted by Crippen LogP contribution is 2.75. The van der Waals surface area contributed by atoms with Crippen molar-refractivity contribution < 1.29 is 9.47 Å². The molecule has 2 heterocycles. The molecule has 0 spiro atoms. The summed E-state index contributed by atoms with van der Waals surface area (Å²) in [7, 11) is 0. The summed E-state index contributed by atoms with van der Waals surface area (Å²) in [4.78, 5) is 0. The Bertz CT molecular complexity index is 741. The van der Waals surface area contributed by atoms with Crippen LogP contribution in [0.3, 0.4) is 0 Å². The van der Waals surface area contributed by atoms with Gasteiger partial charge in [-0.1, -0.05) is 13.5 Å². The molecular formula is C28H40O2. The highest BCUT2D eigenvalue weighted by molar-refractivity contribution is 5.28. The van der Waals surface area contributed by atoms with Crippen LogP contribution in [0, 0.1) is 52.3 Å². The zero-order valence-electron chi connectivity index (χ0n) is 19.0. The van der Waals surface area contributed by atoms with Gasteiger partial charge in [0.2, 0.25) is 5.79 Å². The van der Waals surface area contributed by atoms with Crippen molar-refractivity contribution in [2.75, 3.05) is 0 Å². The van der Waals surface area contributed by atoms with Crippen molar-refractivity contribution in [1.29, 1.82) is 0 Å². The van der Waals surface area contributed by atoms with Crippen LogP contribution in [0.1, 0.15) is 96.8 Å². The summed E-state index contributed by atoms with van der Waals surface area (Å²) < 4.78 is 14.7. The van der Waals surface area contributed by atoms with E-state index in [-0.39, 0.29) is 16.8 Å². The second-order valence-corrected chi connectivity index (χ2v) is 14.1. The van der Waals surface area contributed by atoms with Crippen molar-refractivity contribution in [2.45, 2.75) is 108 Å². The maximum atomic E-state index is 7.60. The molecule has 10 fully saturated rings. The predicted octanol–water partition coefficient (Wildman–Crippen LogP) is 6.84. The van der Waals surface area contributed by atoms with Crippen molar-refractivity contribution >= 4 is 0 Å². The van der Waals surface area contributed by atoms with E-state index in [1.165, 1.54) is 83.5 Å². The van der Waals surface area contributed by atoms with Gasteiger partial charge in [0.05, 0.1) is 0 Å². The van der Waals surface area contributed by atoms with Crippen LogP contribution < -0.4 is 0 Å². The molecule has 0 unspecified atom stereocenters. The Balaban J connectivity index is 1.24. The lowest BCUT2D eigenvalue weighted by atomic mass is 9.43. The standard InChI is InChI=1S/C28H40O2/c1-17-9-27(25-11-19-3-20(12-25)5-21(4-19)13-25)18(2)29-28(10-17,30-27)26-14-22-6-23(15-26)8-24(7-22)16-26/h17,19-24H,2-16H2,1H3/t17-,19?,20?,21?,22?,23?,24?,25?,26?,27+,28+/m1/s1. The molecule has 0 aromatic rings. The second-order valence-electron chi connectivity index (χ2n) is 14.1. The second kappa shape index (κ2) is 5.35. The fraction of sp³-hybridized carbons (Fsp3) is 0.929. The molecule has 30 heavy (non-hydrogen) atoms. The summed E-state index contributed by atoms with van der Waals surface area (Å²) in [5, 5.41) is 0. The van der Waals surface area contributed by atoms with Gasteiger partial charge in [-0.25, -0.2) is 0 Å². The van der Waals surface area contributed by atoms with E-state index in [0.717, 1.165) is 47.7 Å². The van der Waals surface area contributed by atoms with Gasteiger partial charge >= 0.3 is 0 Å². The van der Waals surface area contributed by atoms with Crippen LogP contribution in [0.2, 0.25) is 0 Å². The van der Waals surface area contributed by atoms with E-state index in [4.69, 9.17) is 9.47 Å². The smallest absolute Gasteiger partial charge is 0.217 e. The van der Waals surface area contributed by atoms with Crippen LogP contribution in [0.4, 0.5) is 0 Å². The summed E-state index contributed by atoms with van der Waals surface area (Å²) >= 11 is 0. The zero-order chi connectivity index (χ0) is 19.9. The molecule has 2 saturated heterocycles. The molecule has 0 N–H and O–H groups in total. The van der Waals surface area contributed by atoms with Crippen LogP contribution in [-0.4, -0.2) is 11.4 Å². The monoisotopic (exact) mass is 408 g/mol. The Labute approximate surface area is 182 Å². The molecule has 10 bridgehead atoms. The third-order valence-corrected chi connectivity index (χ3v) is 12.1. The predicted molar refractivity (Wildman–Crippen MR) is 116 cm³/mol. The van der Waals surface area contributed by atoms with Crippen molar-refractivity contribution in [2.24, 2.45) is 52.3 Å². The largest absolute Gasteiger partial charge is 0.464 e. The minimum Gasteiger partial charge on any atom is -0.464 e. The summed E-state index contributed by atoms with van der Waals surface area (Å²) in [6.07, 6.45) is 19.6. The minimum absolute atomic E-state index is 0.177. The molecule has 0 radical (unpaired) electrons. The lowest BCUT2D eigenvalue weighted by Crippen LogP contribution is -2.65. The molecular weight excluding hydrogens is 368 g/mol. The zero-order valence-corrected chi connectivity index (χ0v) is 19.0. The van der Waals surface area contributed by atoms with Crippen molar-refractivity contribution in [3.63, 3.8) is 0 Å². The average Bonchev–Trinajstić information content (AvgIpc) is 2.88. The molecule has 0 aromatic heterocycles. The van der Waals surface area contributed by atoms with E-state index in [2.05, 4.69) is 13.5 Å². The first-order valence-electron chi connectivity index (χ1n) is 13.5. The first kappa shape index (κ1) is 18.0. The summed E-state index contributed by atoms with van der Waals surface area (Å²) in [6.45, 7) is 7.19. The van der Waals surface area contributed by atoms with Crippen LogP contribution in [0.25, 0.3) is 0 Å². The normalized spacial score (nSPS) is 64.7. The van der Waals surface area contributed by atoms with E-state index in [1.807, 2.05) is 0 Å². The van der Waals surface area contributed by atoms with Crippen LogP contribution in [0.15, 0.2) is 12.3 Å². The van der Waals surface area contributed by atoms with Gasteiger partial charge in [0.25, 0.3) is 0 Å². The van der Waals surface area contributed by atoms with Crippen molar-refractivity contribution in [1.82, 2.24) is 0 Å². The number of fused-ring (bicyclic) bond motifs is 2. The van der Waals surface area contributed by atoms with Crippen molar-refractivity contribution in [3.8, 4) is 0 Å². The fourth-order valence-corrected chi connectivity index (χ4v) is 12.1. The number of rotatable bonds is 2. The fourth-order valence-electron chi connectivity index (χ4n) is 12.1. The molecule has 0 amide bonds. The molecule has 10 rings (SSSR count). The number of hydrogen-bond acceptors (Lipinski definition) is 2. The molecule has 8 aliphatic carbocycles. The van der Waals surface area contributed by atoms with Gasteiger partial charge in [0.15, 0.2) is 0 Å². The number of hydrogen-bond donors (Lipinski definition) is 0. The molecule has 10 aliphatic rings. The summed E-state index contributed by atoms with van der Waals surface area (Å²) in [5.41, 5.74) is 0.435. The van der Waals surface area contributed by atoms with E-state index in [0.29, 0.717) is 11.3 Å². The van der Waals surface area contributed by atoms with Crippen LogP contribution in [0.5, 0.6) is 0 Å². The Hall–Kier alpha value is -0.500. The average molecular weight is 409 g/mol. The summed E-state index contributed by atoms with van der Waals surface area (Å²) in [6, 6.07) is 0. The topological polar surface area (TPSA) is 18.5 Å². The van der Waals surface area contributed by atoms with Crippen LogP contribution in [-0.2, 0) is 9.47 Å². The van der Waals surface area contributed by atoms with E-state index in [9.17, 15) is 0 Å². The highest BCUT2D eigenvalue weighted by atomic mass is 16.8. The van der Waals surface area contributed by atoms with Gasteiger partial charge in [0.1, 0.15) is 11.4 Å². The lowest BCUT2D eigenvalue weighted by molar-refractivity contribution is -0.337. The molecule has 2 nitrogen and oxygen atoms in total. The Morgan fingerprint density at radius 2 is 1.07 bits per heavy atom. The van der Waals surface area contributed by atoms with Gasteiger partial charge in [-0.3, -0.25) is 0 Å². The molecule has 0 aromatic carbocycles. The highest BCUT2D eigenvalue weighted by Gasteiger charge is 2.75. The third-order valence-electron chi connectivity index (χ3n) is 12.1. The maximum absolute atomic E-state index is 7.60. The van der Waals surface area contributed by atoms with E-state index < -0.39 is 0 Å². The first-order valence-corrected chi connectivity index (χ1v) is 13.5. The first-order chi connectivity index (χ1) is 14.4. The molecule has 2 heteroatoms. The molecule has 2 aliphatic heterocycles. The Morgan fingerprint density at radius 1 is 0.633 bits per heavy atom.